The first-order valence-corrected chi connectivity index (χ1v) is 5.29. The van der Waals surface area contributed by atoms with Crippen molar-refractivity contribution in [2.75, 3.05) is 12.3 Å². The van der Waals surface area contributed by atoms with Gasteiger partial charge >= 0.3 is 12.3 Å². The van der Waals surface area contributed by atoms with Crippen LogP contribution in [0, 0.1) is 0 Å². The van der Waals surface area contributed by atoms with Crippen LogP contribution in [0.25, 0.3) is 6.08 Å². The molecule has 3 N–H and O–H groups in total. The molecule has 1 amide bonds. The number of amides is 1. The number of nitrogens with two attached hydrogens (primary N) is 1. The van der Waals surface area contributed by atoms with Crippen molar-refractivity contribution in [3.05, 3.63) is 35.9 Å². The summed E-state index contributed by atoms with van der Waals surface area (Å²) in [6.07, 6.45) is -1.51. The Morgan fingerprint density at radius 1 is 1.42 bits per heavy atom. The Morgan fingerprint density at radius 2 is 2.11 bits per heavy atom. The molecular formula is C12H12F4N2O. The Hall–Kier alpha value is -2.05. The van der Waals surface area contributed by atoms with Gasteiger partial charge in [-0.3, -0.25) is 4.79 Å². The van der Waals surface area contributed by atoms with Crippen LogP contribution < -0.4 is 11.1 Å². The highest BCUT2D eigenvalue weighted by Crippen LogP contribution is 2.21. The second kappa shape index (κ2) is 6.21. The number of rotatable bonds is 5. The molecule has 0 aliphatic rings. The fourth-order valence-corrected chi connectivity index (χ4v) is 1.18. The largest absolute Gasteiger partial charge is 0.399 e. The molecule has 104 valence electrons. The van der Waals surface area contributed by atoms with E-state index in [0.717, 1.165) is 6.08 Å². The van der Waals surface area contributed by atoms with Crippen molar-refractivity contribution in [1.29, 1.82) is 0 Å². The third-order valence-electron chi connectivity index (χ3n) is 2.16. The van der Waals surface area contributed by atoms with E-state index in [0.29, 0.717) is 11.3 Å². The Kier molecular flexibility index (Phi) is 4.91. The SMILES string of the molecule is Nc1cccc(/C=C/C(=O)NCC(F)(F)C(F)F)c1. The van der Waals surface area contributed by atoms with Gasteiger partial charge in [0.05, 0.1) is 6.54 Å². The van der Waals surface area contributed by atoms with E-state index in [1.165, 1.54) is 6.08 Å². The van der Waals surface area contributed by atoms with Crippen LogP contribution >= 0.6 is 0 Å². The molecule has 19 heavy (non-hydrogen) atoms. The molecule has 0 aliphatic carbocycles. The zero-order chi connectivity index (χ0) is 14.5. The van der Waals surface area contributed by atoms with Crippen LogP contribution in [0.1, 0.15) is 5.56 Å². The summed E-state index contributed by atoms with van der Waals surface area (Å²) < 4.78 is 48.7. The molecular weight excluding hydrogens is 264 g/mol. The first-order chi connectivity index (χ1) is 8.81. The van der Waals surface area contributed by atoms with E-state index in [1.807, 2.05) is 0 Å². The van der Waals surface area contributed by atoms with Crippen molar-refractivity contribution in [3.63, 3.8) is 0 Å². The van der Waals surface area contributed by atoms with Gasteiger partial charge in [0, 0.05) is 11.8 Å². The third-order valence-corrected chi connectivity index (χ3v) is 2.16. The molecule has 0 saturated carbocycles. The lowest BCUT2D eigenvalue weighted by Gasteiger charge is -2.14. The van der Waals surface area contributed by atoms with E-state index in [2.05, 4.69) is 0 Å². The van der Waals surface area contributed by atoms with Crippen LogP contribution in [0.2, 0.25) is 0 Å². The van der Waals surface area contributed by atoms with Crippen molar-refractivity contribution < 1.29 is 22.4 Å². The van der Waals surface area contributed by atoms with E-state index >= 15 is 0 Å². The fourth-order valence-electron chi connectivity index (χ4n) is 1.18. The zero-order valence-electron chi connectivity index (χ0n) is 9.75. The number of anilines is 1. The molecule has 0 aliphatic heterocycles. The summed E-state index contributed by atoms with van der Waals surface area (Å²) in [5, 5.41) is 1.70. The molecule has 0 bridgehead atoms. The lowest BCUT2D eigenvalue weighted by Crippen LogP contribution is -2.40. The fraction of sp³-hybridized carbons (Fsp3) is 0.250. The number of hydrogen-bond donors (Lipinski definition) is 2. The lowest BCUT2D eigenvalue weighted by molar-refractivity contribution is -0.134. The van der Waals surface area contributed by atoms with E-state index in [-0.39, 0.29) is 0 Å². The number of carbonyl (C=O) groups is 1. The molecule has 0 aromatic heterocycles. The Morgan fingerprint density at radius 3 is 2.68 bits per heavy atom. The van der Waals surface area contributed by atoms with Gasteiger partial charge in [-0.25, -0.2) is 8.78 Å². The van der Waals surface area contributed by atoms with Crippen molar-refractivity contribution in [3.8, 4) is 0 Å². The summed E-state index contributed by atoms with van der Waals surface area (Å²) in [7, 11) is 0. The number of nitrogen functional groups attached to an aromatic ring is 1. The van der Waals surface area contributed by atoms with E-state index in [4.69, 9.17) is 5.73 Å². The monoisotopic (exact) mass is 276 g/mol. The van der Waals surface area contributed by atoms with Gasteiger partial charge in [-0.2, -0.15) is 8.78 Å². The number of halogens is 4. The van der Waals surface area contributed by atoms with Gasteiger partial charge in [-0.15, -0.1) is 0 Å². The maximum absolute atomic E-state index is 12.5. The molecule has 1 aromatic rings. The minimum absolute atomic E-state index is 0.479. The standard InChI is InChI=1S/C12H12F4N2O/c13-11(14)12(15,16)7-18-10(19)5-4-8-2-1-3-9(17)6-8/h1-6,11H,7,17H2,(H,18,19)/b5-4+. The summed E-state index contributed by atoms with van der Waals surface area (Å²) in [5.74, 6) is -5.12. The highest BCUT2D eigenvalue weighted by Gasteiger charge is 2.40. The van der Waals surface area contributed by atoms with E-state index < -0.39 is 24.8 Å². The average Bonchev–Trinajstić information content (AvgIpc) is 2.34. The molecule has 7 heteroatoms. The normalized spacial score (nSPS) is 12.1. The molecule has 0 radical (unpaired) electrons. The van der Waals surface area contributed by atoms with Crippen LogP contribution in [0.5, 0.6) is 0 Å². The van der Waals surface area contributed by atoms with Crippen LogP contribution in [0.15, 0.2) is 30.3 Å². The summed E-state index contributed by atoms with van der Waals surface area (Å²) >= 11 is 0. The Labute approximate surface area is 107 Å². The van der Waals surface area contributed by atoms with Crippen LogP contribution in [0.3, 0.4) is 0 Å². The molecule has 0 atom stereocenters. The zero-order valence-corrected chi connectivity index (χ0v) is 9.75. The van der Waals surface area contributed by atoms with Gasteiger partial charge in [0.2, 0.25) is 5.91 Å². The number of benzene rings is 1. The highest BCUT2D eigenvalue weighted by atomic mass is 19.3. The quantitative estimate of drug-likeness (QED) is 0.492. The first kappa shape index (κ1) is 15.0. The van der Waals surface area contributed by atoms with Crippen LogP contribution in [-0.4, -0.2) is 24.8 Å². The maximum atomic E-state index is 12.5. The van der Waals surface area contributed by atoms with Crippen molar-refractivity contribution in [2.24, 2.45) is 0 Å². The summed E-state index contributed by atoms with van der Waals surface area (Å²) in [5.41, 5.74) is 6.57. The second-order valence-corrected chi connectivity index (χ2v) is 3.78. The van der Waals surface area contributed by atoms with Gasteiger partial charge in [-0.1, -0.05) is 12.1 Å². The van der Waals surface area contributed by atoms with Gasteiger partial charge in [0.1, 0.15) is 0 Å². The lowest BCUT2D eigenvalue weighted by atomic mass is 10.2. The minimum atomic E-state index is -4.24. The Balaban J connectivity index is 2.52. The predicted molar refractivity (Wildman–Crippen MR) is 63.8 cm³/mol. The third kappa shape index (κ3) is 4.99. The maximum Gasteiger partial charge on any atom is 0.324 e. The molecule has 0 fully saturated rings. The molecule has 1 aromatic carbocycles. The number of hydrogen-bond acceptors (Lipinski definition) is 2. The van der Waals surface area contributed by atoms with Gasteiger partial charge < -0.3 is 11.1 Å². The summed E-state index contributed by atoms with van der Waals surface area (Å²) in [4.78, 5) is 11.2. The van der Waals surface area contributed by atoms with Crippen molar-refractivity contribution >= 4 is 17.7 Å². The highest BCUT2D eigenvalue weighted by molar-refractivity contribution is 5.91. The van der Waals surface area contributed by atoms with Gasteiger partial charge in [0.15, 0.2) is 0 Å². The average molecular weight is 276 g/mol. The molecule has 1 rings (SSSR count). The van der Waals surface area contributed by atoms with Gasteiger partial charge in [0.25, 0.3) is 0 Å². The van der Waals surface area contributed by atoms with Crippen LogP contribution in [-0.2, 0) is 4.79 Å². The van der Waals surface area contributed by atoms with Crippen molar-refractivity contribution in [1.82, 2.24) is 5.32 Å². The topological polar surface area (TPSA) is 55.1 Å². The molecule has 3 nitrogen and oxygen atoms in total. The molecule has 0 unspecified atom stereocenters. The minimum Gasteiger partial charge on any atom is -0.399 e. The molecule has 0 saturated heterocycles. The summed E-state index contributed by atoms with van der Waals surface area (Å²) in [6.45, 7) is -1.41. The molecule has 0 heterocycles. The second-order valence-electron chi connectivity index (χ2n) is 3.78. The van der Waals surface area contributed by atoms with E-state index in [1.54, 1.807) is 29.6 Å². The number of carbonyl (C=O) groups excluding carboxylic acids is 1. The van der Waals surface area contributed by atoms with Crippen molar-refractivity contribution in [2.45, 2.75) is 12.3 Å². The van der Waals surface area contributed by atoms with E-state index in [9.17, 15) is 22.4 Å². The predicted octanol–water partition coefficient (Wildman–Crippen LogP) is 2.30. The smallest absolute Gasteiger partial charge is 0.324 e. The number of nitrogens with one attached hydrogen (secondary N) is 1. The van der Waals surface area contributed by atoms with Crippen LogP contribution in [0.4, 0.5) is 23.2 Å². The first-order valence-electron chi connectivity index (χ1n) is 5.29. The molecule has 0 spiro atoms. The number of alkyl halides is 4. The Bertz CT molecular complexity index is 475. The van der Waals surface area contributed by atoms with Gasteiger partial charge in [-0.05, 0) is 23.8 Å². The summed E-state index contributed by atoms with van der Waals surface area (Å²) in [6, 6.07) is 6.50.